The number of fused-ring (bicyclic) bond motifs is 1. The number of aryl methyl sites for hydroxylation is 1. The number of halogens is 2. The number of nitrogens with zero attached hydrogens (tertiary/aromatic N) is 3. The van der Waals surface area contributed by atoms with Gasteiger partial charge in [0.05, 0.1) is 11.2 Å². The second kappa shape index (κ2) is 5.57. The topological polar surface area (TPSA) is 29.0 Å². The van der Waals surface area contributed by atoms with Crippen LogP contribution in [0.4, 0.5) is 14.6 Å². The van der Waals surface area contributed by atoms with Gasteiger partial charge >= 0.3 is 0 Å². The molecule has 0 spiro atoms. The van der Waals surface area contributed by atoms with Gasteiger partial charge in [0, 0.05) is 43.4 Å². The SMILES string of the molecule is Cc1c(-c2ccc(N(C)C)nc2)nc2cc(F)cc(F)c2c1C. The van der Waals surface area contributed by atoms with Gasteiger partial charge in [-0.15, -0.1) is 0 Å². The van der Waals surface area contributed by atoms with Crippen molar-refractivity contribution in [2.75, 3.05) is 19.0 Å². The van der Waals surface area contributed by atoms with E-state index in [9.17, 15) is 8.78 Å². The van der Waals surface area contributed by atoms with Crippen LogP contribution in [0.1, 0.15) is 11.1 Å². The summed E-state index contributed by atoms with van der Waals surface area (Å²) in [7, 11) is 3.83. The largest absolute Gasteiger partial charge is 0.363 e. The summed E-state index contributed by atoms with van der Waals surface area (Å²) in [6.07, 6.45) is 1.73. The molecule has 0 bridgehead atoms. The van der Waals surface area contributed by atoms with E-state index in [0.29, 0.717) is 16.6 Å². The summed E-state index contributed by atoms with van der Waals surface area (Å²) < 4.78 is 27.6. The predicted octanol–water partition coefficient (Wildman–Crippen LogP) is 4.26. The fourth-order valence-corrected chi connectivity index (χ4v) is 2.66. The summed E-state index contributed by atoms with van der Waals surface area (Å²) in [5, 5.41) is 0.366. The molecule has 3 rings (SSSR count). The molecule has 5 heteroatoms. The Morgan fingerprint density at radius 2 is 1.74 bits per heavy atom. The number of pyridine rings is 2. The van der Waals surface area contributed by atoms with Gasteiger partial charge < -0.3 is 4.90 Å². The van der Waals surface area contributed by atoms with Crippen molar-refractivity contribution >= 4 is 16.7 Å². The Balaban J connectivity index is 2.23. The molecule has 2 heterocycles. The summed E-state index contributed by atoms with van der Waals surface area (Å²) in [4.78, 5) is 10.7. The zero-order valence-corrected chi connectivity index (χ0v) is 13.5. The second-order valence-electron chi connectivity index (χ2n) is 5.79. The molecule has 1 aromatic carbocycles. The molecule has 0 aliphatic heterocycles. The lowest BCUT2D eigenvalue weighted by Gasteiger charge is -2.14. The molecule has 0 amide bonds. The van der Waals surface area contributed by atoms with Crippen molar-refractivity contribution in [3.63, 3.8) is 0 Å². The van der Waals surface area contributed by atoms with E-state index in [2.05, 4.69) is 9.97 Å². The predicted molar refractivity (Wildman–Crippen MR) is 88.7 cm³/mol. The zero-order valence-electron chi connectivity index (χ0n) is 13.5. The van der Waals surface area contributed by atoms with Crippen LogP contribution in [0.2, 0.25) is 0 Å². The molecule has 0 aliphatic rings. The minimum atomic E-state index is -0.627. The van der Waals surface area contributed by atoms with E-state index in [1.807, 2.05) is 45.0 Å². The van der Waals surface area contributed by atoms with Crippen LogP contribution in [0.25, 0.3) is 22.2 Å². The van der Waals surface area contributed by atoms with Gasteiger partial charge in [-0.25, -0.2) is 18.7 Å². The van der Waals surface area contributed by atoms with E-state index in [4.69, 9.17) is 0 Å². The van der Waals surface area contributed by atoms with Gasteiger partial charge in [0.15, 0.2) is 0 Å². The highest BCUT2D eigenvalue weighted by molar-refractivity contribution is 5.87. The van der Waals surface area contributed by atoms with Crippen molar-refractivity contribution in [3.05, 3.63) is 53.2 Å². The van der Waals surface area contributed by atoms with Crippen LogP contribution >= 0.6 is 0 Å². The molecule has 0 radical (unpaired) electrons. The van der Waals surface area contributed by atoms with E-state index in [-0.39, 0.29) is 0 Å². The summed E-state index contributed by atoms with van der Waals surface area (Å²) >= 11 is 0. The third-order valence-corrected chi connectivity index (χ3v) is 4.04. The molecule has 23 heavy (non-hydrogen) atoms. The molecule has 0 saturated carbocycles. The van der Waals surface area contributed by atoms with Crippen molar-refractivity contribution in [2.24, 2.45) is 0 Å². The highest BCUT2D eigenvalue weighted by Crippen LogP contribution is 2.31. The van der Waals surface area contributed by atoms with Crippen LogP contribution in [0, 0.1) is 25.5 Å². The average Bonchev–Trinajstić information content (AvgIpc) is 2.50. The number of hydrogen-bond acceptors (Lipinski definition) is 3. The van der Waals surface area contributed by atoms with Crippen molar-refractivity contribution in [2.45, 2.75) is 13.8 Å². The minimum absolute atomic E-state index is 0.317. The maximum atomic E-state index is 14.1. The van der Waals surface area contributed by atoms with Crippen molar-refractivity contribution < 1.29 is 8.78 Å². The third kappa shape index (κ3) is 2.63. The molecule has 0 aliphatic carbocycles. The Morgan fingerprint density at radius 1 is 1.00 bits per heavy atom. The molecular formula is C18H17F2N3. The number of hydrogen-bond donors (Lipinski definition) is 0. The summed E-state index contributed by atoms with van der Waals surface area (Å²) in [6, 6.07) is 5.96. The average molecular weight is 313 g/mol. The maximum Gasteiger partial charge on any atom is 0.135 e. The van der Waals surface area contributed by atoms with Crippen molar-refractivity contribution in [1.29, 1.82) is 0 Å². The van der Waals surface area contributed by atoms with Crippen LogP contribution in [0.15, 0.2) is 30.5 Å². The van der Waals surface area contributed by atoms with Gasteiger partial charge in [-0.05, 0) is 37.1 Å². The smallest absolute Gasteiger partial charge is 0.135 e. The first kappa shape index (κ1) is 15.3. The lowest BCUT2D eigenvalue weighted by molar-refractivity contribution is 0.591. The Bertz CT molecular complexity index is 887. The molecule has 3 aromatic rings. The monoisotopic (exact) mass is 313 g/mol. The lowest BCUT2D eigenvalue weighted by atomic mass is 9.99. The number of benzene rings is 1. The summed E-state index contributed by atoms with van der Waals surface area (Å²) in [5.41, 5.74) is 3.46. The maximum absolute atomic E-state index is 14.1. The van der Waals surface area contributed by atoms with E-state index in [0.717, 1.165) is 28.6 Å². The summed E-state index contributed by atoms with van der Waals surface area (Å²) in [5.74, 6) is -0.375. The minimum Gasteiger partial charge on any atom is -0.363 e. The third-order valence-electron chi connectivity index (χ3n) is 4.04. The standard InChI is InChI=1S/C18H17F2N3/c1-10-11(2)18(12-5-6-16(21-9-12)23(3)4)22-15-8-13(19)7-14(20)17(10)15/h5-9H,1-4H3. The first-order valence-electron chi connectivity index (χ1n) is 7.28. The Labute approximate surface area is 133 Å². The van der Waals surface area contributed by atoms with E-state index >= 15 is 0 Å². The second-order valence-corrected chi connectivity index (χ2v) is 5.79. The highest BCUT2D eigenvalue weighted by atomic mass is 19.1. The molecule has 0 saturated heterocycles. The normalized spacial score (nSPS) is 11.0. The van der Waals surface area contributed by atoms with Gasteiger partial charge in [0.1, 0.15) is 17.5 Å². The van der Waals surface area contributed by atoms with Gasteiger partial charge in [0.25, 0.3) is 0 Å². The van der Waals surface area contributed by atoms with E-state index < -0.39 is 11.6 Å². The molecule has 3 nitrogen and oxygen atoms in total. The fraction of sp³-hybridized carbons (Fsp3) is 0.222. The van der Waals surface area contributed by atoms with E-state index in [1.165, 1.54) is 6.07 Å². The highest BCUT2D eigenvalue weighted by Gasteiger charge is 2.15. The fourth-order valence-electron chi connectivity index (χ4n) is 2.66. The number of anilines is 1. The first-order valence-corrected chi connectivity index (χ1v) is 7.28. The number of aromatic nitrogens is 2. The Hall–Kier alpha value is -2.56. The van der Waals surface area contributed by atoms with Crippen LogP contribution in [0.5, 0.6) is 0 Å². The molecule has 118 valence electrons. The van der Waals surface area contributed by atoms with Gasteiger partial charge in [-0.1, -0.05) is 0 Å². The van der Waals surface area contributed by atoms with Crippen molar-refractivity contribution in [1.82, 2.24) is 9.97 Å². The van der Waals surface area contributed by atoms with Gasteiger partial charge in [0.2, 0.25) is 0 Å². The quantitative estimate of drug-likeness (QED) is 0.708. The van der Waals surface area contributed by atoms with Gasteiger partial charge in [-0.2, -0.15) is 0 Å². The lowest BCUT2D eigenvalue weighted by Crippen LogP contribution is -2.10. The molecule has 0 fully saturated rings. The van der Waals surface area contributed by atoms with Crippen LogP contribution in [0.3, 0.4) is 0 Å². The van der Waals surface area contributed by atoms with Crippen molar-refractivity contribution in [3.8, 4) is 11.3 Å². The molecule has 0 N–H and O–H groups in total. The van der Waals surface area contributed by atoms with Crippen LogP contribution < -0.4 is 4.90 Å². The zero-order chi connectivity index (χ0) is 16.7. The first-order chi connectivity index (χ1) is 10.9. The Kier molecular flexibility index (Phi) is 3.72. The van der Waals surface area contributed by atoms with Crippen LogP contribution in [-0.2, 0) is 0 Å². The van der Waals surface area contributed by atoms with Crippen LogP contribution in [-0.4, -0.2) is 24.1 Å². The molecule has 0 unspecified atom stereocenters. The summed E-state index contributed by atoms with van der Waals surface area (Å²) in [6.45, 7) is 3.71. The van der Waals surface area contributed by atoms with Gasteiger partial charge in [-0.3, -0.25) is 0 Å². The molecule has 0 atom stereocenters. The number of rotatable bonds is 2. The molecular weight excluding hydrogens is 296 g/mol. The molecule has 2 aromatic heterocycles. The Morgan fingerprint density at radius 3 is 2.35 bits per heavy atom. The van der Waals surface area contributed by atoms with E-state index in [1.54, 1.807) is 6.20 Å².